The van der Waals surface area contributed by atoms with E-state index in [2.05, 4.69) is 15.6 Å². The standard InChI is InChI=1S/C18H23F2N3OS/c1-3-21-17(23-12-18(2,24)16-5-4-10-25-16)22-9-8-13-11-14(19)6-7-15(13)20/h4-7,10-11,24H,3,8-9,12H2,1-2H3,(H2,21,22,23). The second kappa shape index (κ2) is 8.92. The topological polar surface area (TPSA) is 56.7 Å². The largest absolute Gasteiger partial charge is 0.383 e. The molecule has 0 amide bonds. The number of nitrogens with one attached hydrogen (secondary N) is 2. The van der Waals surface area contributed by atoms with E-state index in [4.69, 9.17) is 0 Å². The normalized spacial score (nSPS) is 14.2. The maximum absolute atomic E-state index is 13.6. The quantitative estimate of drug-likeness (QED) is 0.521. The number of nitrogens with zero attached hydrogens (tertiary/aromatic N) is 1. The molecular weight excluding hydrogens is 344 g/mol. The Balaban J connectivity index is 1.94. The minimum absolute atomic E-state index is 0.192. The van der Waals surface area contributed by atoms with E-state index in [0.717, 1.165) is 17.0 Å². The maximum atomic E-state index is 13.6. The number of halogens is 2. The lowest BCUT2D eigenvalue weighted by Crippen LogP contribution is -2.39. The van der Waals surface area contributed by atoms with Crippen molar-refractivity contribution in [1.82, 2.24) is 10.6 Å². The van der Waals surface area contributed by atoms with Gasteiger partial charge in [0.25, 0.3) is 0 Å². The van der Waals surface area contributed by atoms with Crippen LogP contribution in [0, 0.1) is 11.6 Å². The van der Waals surface area contributed by atoms with E-state index in [9.17, 15) is 13.9 Å². The van der Waals surface area contributed by atoms with E-state index in [1.807, 2.05) is 24.4 Å². The van der Waals surface area contributed by atoms with Gasteiger partial charge in [-0.2, -0.15) is 0 Å². The van der Waals surface area contributed by atoms with Gasteiger partial charge >= 0.3 is 0 Å². The third-order valence-corrected chi connectivity index (χ3v) is 4.76. The molecule has 0 spiro atoms. The molecule has 1 aromatic carbocycles. The molecule has 0 aliphatic heterocycles. The third-order valence-electron chi connectivity index (χ3n) is 3.64. The minimum Gasteiger partial charge on any atom is -0.383 e. The molecule has 0 saturated heterocycles. The molecule has 2 rings (SSSR count). The Kier molecular flexibility index (Phi) is 6.90. The van der Waals surface area contributed by atoms with E-state index in [0.29, 0.717) is 31.0 Å². The second-order valence-electron chi connectivity index (χ2n) is 5.86. The van der Waals surface area contributed by atoms with Gasteiger partial charge in [-0.15, -0.1) is 11.3 Å². The Hall–Kier alpha value is -1.99. The molecule has 2 aromatic rings. The zero-order chi connectivity index (χ0) is 18.3. The highest BCUT2D eigenvalue weighted by atomic mass is 32.1. The van der Waals surface area contributed by atoms with Crippen LogP contribution in [0.3, 0.4) is 0 Å². The first-order valence-electron chi connectivity index (χ1n) is 8.15. The molecule has 0 saturated carbocycles. The van der Waals surface area contributed by atoms with Gasteiger partial charge < -0.3 is 15.7 Å². The molecule has 0 fully saturated rings. The fourth-order valence-electron chi connectivity index (χ4n) is 2.29. The summed E-state index contributed by atoms with van der Waals surface area (Å²) >= 11 is 1.48. The summed E-state index contributed by atoms with van der Waals surface area (Å²) in [5, 5.41) is 18.6. The third kappa shape index (κ3) is 5.79. The molecule has 0 aliphatic carbocycles. The van der Waals surface area contributed by atoms with Gasteiger partial charge in [0.05, 0.1) is 6.54 Å². The van der Waals surface area contributed by atoms with E-state index < -0.39 is 17.2 Å². The lowest BCUT2D eigenvalue weighted by atomic mass is 10.1. The zero-order valence-corrected chi connectivity index (χ0v) is 15.2. The van der Waals surface area contributed by atoms with E-state index >= 15 is 0 Å². The Morgan fingerprint density at radius 2 is 2.08 bits per heavy atom. The van der Waals surface area contributed by atoms with Crippen LogP contribution in [0.25, 0.3) is 0 Å². The fraction of sp³-hybridized carbons (Fsp3) is 0.389. The van der Waals surface area contributed by atoms with Crippen molar-refractivity contribution >= 4 is 17.3 Å². The molecule has 136 valence electrons. The van der Waals surface area contributed by atoms with Crippen molar-refractivity contribution in [1.29, 1.82) is 0 Å². The number of aliphatic imine (C=N–C) groups is 1. The zero-order valence-electron chi connectivity index (χ0n) is 14.4. The highest BCUT2D eigenvalue weighted by molar-refractivity contribution is 7.10. The molecular formula is C18H23F2N3OS. The Bertz CT molecular complexity index is 702. The molecule has 1 heterocycles. The van der Waals surface area contributed by atoms with E-state index in [-0.39, 0.29) is 6.54 Å². The summed E-state index contributed by atoms with van der Waals surface area (Å²) in [5.74, 6) is -0.356. The van der Waals surface area contributed by atoms with Gasteiger partial charge in [-0.1, -0.05) is 6.07 Å². The summed E-state index contributed by atoms with van der Waals surface area (Å²) in [7, 11) is 0. The molecule has 0 aliphatic rings. The van der Waals surface area contributed by atoms with Crippen LogP contribution >= 0.6 is 11.3 Å². The van der Waals surface area contributed by atoms with Crippen LogP contribution in [0.4, 0.5) is 8.78 Å². The number of rotatable bonds is 7. The molecule has 3 N–H and O–H groups in total. The van der Waals surface area contributed by atoms with Gasteiger partial charge in [-0.25, -0.2) is 13.8 Å². The fourth-order valence-corrected chi connectivity index (χ4v) is 3.07. The maximum Gasteiger partial charge on any atom is 0.191 e. The first kappa shape index (κ1) is 19.3. The van der Waals surface area contributed by atoms with E-state index in [1.54, 1.807) is 6.92 Å². The Morgan fingerprint density at radius 3 is 2.76 bits per heavy atom. The number of thiophene rings is 1. The predicted octanol–water partition coefficient (Wildman–Crippen LogP) is 3.03. The summed E-state index contributed by atoms with van der Waals surface area (Å²) in [6, 6.07) is 7.18. The first-order valence-corrected chi connectivity index (χ1v) is 9.03. The van der Waals surface area contributed by atoms with Gasteiger partial charge in [0.15, 0.2) is 5.96 Å². The van der Waals surface area contributed by atoms with Crippen molar-refractivity contribution in [2.45, 2.75) is 25.9 Å². The first-order chi connectivity index (χ1) is 11.9. The summed E-state index contributed by atoms with van der Waals surface area (Å²) in [5.41, 5.74) is -0.737. The van der Waals surface area contributed by atoms with Crippen LogP contribution in [0.15, 0.2) is 40.7 Å². The van der Waals surface area contributed by atoms with Gasteiger partial charge in [0, 0.05) is 18.0 Å². The van der Waals surface area contributed by atoms with Crippen LogP contribution < -0.4 is 10.6 Å². The molecule has 1 aromatic heterocycles. The molecule has 25 heavy (non-hydrogen) atoms. The number of guanidine groups is 1. The SMILES string of the molecule is CCNC(=NCC(C)(O)c1cccs1)NCCc1cc(F)ccc1F. The van der Waals surface area contributed by atoms with Crippen molar-refractivity contribution in [2.24, 2.45) is 4.99 Å². The van der Waals surface area contributed by atoms with E-state index in [1.165, 1.54) is 17.4 Å². The highest BCUT2D eigenvalue weighted by Crippen LogP contribution is 2.25. The molecule has 4 nitrogen and oxygen atoms in total. The van der Waals surface area contributed by atoms with Crippen molar-refractivity contribution in [3.63, 3.8) is 0 Å². The van der Waals surface area contributed by atoms with Crippen LogP contribution in [0.2, 0.25) is 0 Å². The average molecular weight is 367 g/mol. The minimum atomic E-state index is -1.05. The van der Waals surface area contributed by atoms with Crippen molar-refractivity contribution in [2.75, 3.05) is 19.6 Å². The van der Waals surface area contributed by atoms with Crippen molar-refractivity contribution in [3.05, 3.63) is 57.8 Å². The molecule has 7 heteroatoms. The number of hydrogen-bond acceptors (Lipinski definition) is 3. The van der Waals surface area contributed by atoms with Gasteiger partial charge in [-0.05, 0) is 55.5 Å². The number of benzene rings is 1. The Morgan fingerprint density at radius 1 is 1.28 bits per heavy atom. The van der Waals surface area contributed by atoms with Crippen LogP contribution in [-0.2, 0) is 12.0 Å². The average Bonchev–Trinajstić information content (AvgIpc) is 3.11. The number of aliphatic hydroxyl groups is 1. The Labute approximate surface area is 150 Å². The summed E-state index contributed by atoms with van der Waals surface area (Å²) in [4.78, 5) is 5.24. The predicted molar refractivity (Wildman–Crippen MR) is 97.9 cm³/mol. The molecule has 1 unspecified atom stereocenters. The molecule has 0 radical (unpaired) electrons. The monoisotopic (exact) mass is 367 g/mol. The van der Waals surface area contributed by atoms with Gasteiger partial charge in [0.2, 0.25) is 0 Å². The lowest BCUT2D eigenvalue weighted by Gasteiger charge is -2.20. The van der Waals surface area contributed by atoms with Gasteiger partial charge in [0.1, 0.15) is 17.2 Å². The highest BCUT2D eigenvalue weighted by Gasteiger charge is 2.23. The van der Waals surface area contributed by atoms with Crippen LogP contribution in [-0.4, -0.2) is 30.7 Å². The molecule has 0 bridgehead atoms. The number of hydrogen-bond donors (Lipinski definition) is 3. The summed E-state index contributed by atoms with van der Waals surface area (Å²) in [6.07, 6.45) is 0.329. The van der Waals surface area contributed by atoms with Crippen molar-refractivity contribution in [3.8, 4) is 0 Å². The van der Waals surface area contributed by atoms with Crippen molar-refractivity contribution < 1.29 is 13.9 Å². The smallest absolute Gasteiger partial charge is 0.191 e. The van der Waals surface area contributed by atoms with Gasteiger partial charge in [-0.3, -0.25) is 0 Å². The second-order valence-corrected chi connectivity index (χ2v) is 6.81. The van der Waals surface area contributed by atoms with Crippen LogP contribution in [0.1, 0.15) is 24.3 Å². The van der Waals surface area contributed by atoms with Crippen LogP contribution in [0.5, 0.6) is 0 Å². The molecule has 1 atom stereocenters. The summed E-state index contributed by atoms with van der Waals surface area (Å²) in [6.45, 7) is 4.89. The lowest BCUT2D eigenvalue weighted by molar-refractivity contribution is 0.0711. The summed E-state index contributed by atoms with van der Waals surface area (Å²) < 4.78 is 26.8.